The Kier molecular flexibility index (Phi) is 8.34. The van der Waals surface area contributed by atoms with E-state index in [1.165, 1.54) is 0 Å². The van der Waals surface area contributed by atoms with Crippen LogP contribution in [0.3, 0.4) is 0 Å². The van der Waals surface area contributed by atoms with Crippen molar-refractivity contribution in [1.29, 1.82) is 0 Å². The van der Waals surface area contributed by atoms with Crippen LogP contribution in [-0.2, 0) is 6.54 Å². The molecule has 11 heteroatoms. The molecule has 0 saturated heterocycles. The zero-order valence-electron chi connectivity index (χ0n) is 22.9. The fourth-order valence-corrected chi connectivity index (χ4v) is 4.77. The van der Waals surface area contributed by atoms with E-state index in [4.69, 9.17) is 19.6 Å². The third-order valence-electron chi connectivity index (χ3n) is 6.72. The molecule has 5 rings (SSSR count). The van der Waals surface area contributed by atoms with Gasteiger partial charge in [0.25, 0.3) is 0 Å². The summed E-state index contributed by atoms with van der Waals surface area (Å²) in [5.41, 5.74) is 2.35. The number of anilines is 3. The summed E-state index contributed by atoms with van der Waals surface area (Å²) >= 11 is 0. The zero-order valence-corrected chi connectivity index (χ0v) is 22.9. The lowest BCUT2D eigenvalue weighted by atomic mass is 9.92. The summed E-state index contributed by atoms with van der Waals surface area (Å²) in [5, 5.41) is 12.2. The Morgan fingerprint density at radius 1 is 1.07 bits per heavy atom. The monoisotopic (exact) mass is 560 g/mol. The molecule has 2 N–H and O–H groups in total. The van der Waals surface area contributed by atoms with E-state index in [-0.39, 0.29) is 37.1 Å². The Hall–Kier alpha value is -4.64. The van der Waals surface area contributed by atoms with Crippen LogP contribution in [0.2, 0.25) is 0 Å². The quantitative estimate of drug-likeness (QED) is 0.271. The molecule has 0 aliphatic carbocycles. The fraction of sp³-hybridized carbons (Fsp3) is 0.267. The number of hydrogen-bond acceptors (Lipinski definition) is 9. The second kappa shape index (κ2) is 12.3. The van der Waals surface area contributed by atoms with Crippen LogP contribution in [0, 0.1) is 18.6 Å². The predicted octanol–water partition coefficient (Wildman–Crippen LogP) is 5.21. The average molecular weight is 561 g/mol. The first-order chi connectivity index (χ1) is 19.9. The fourth-order valence-electron chi connectivity index (χ4n) is 4.77. The van der Waals surface area contributed by atoms with Crippen LogP contribution >= 0.6 is 0 Å². The third kappa shape index (κ3) is 5.94. The minimum atomic E-state index is -0.714. The van der Waals surface area contributed by atoms with Gasteiger partial charge in [-0.25, -0.2) is 28.7 Å². The van der Waals surface area contributed by atoms with Gasteiger partial charge in [-0.15, -0.1) is 0 Å². The van der Waals surface area contributed by atoms with Crippen molar-refractivity contribution in [3.05, 3.63) is 95.3 Å². The maximum Gasteiger partial charge on any atom is 0.179 e. The van der Waals surface area contributed by atoms with Crippen molar-refractivity contribution in [1.82, 2.24) is 19.9 Å². The second-order valence-corrected chi connectivity index (χ2v) is 9.36. The van der Waals surface area contributed by atoms with E-state index in [0.29, 0.717) is 35.5 Å². The molecule has 2 aromatic heterocycles. The molecule has 0 saturated carbocycles. The molecule has 212 valence electrons. The molecule has 1 aliphatic heterocycles. The molecule has 0 radical (unpaired) electrons. The highest BCUT2D eigenvalue weighted by molar-refractivity contribution is 5.88. The van der Waals surface area contributed by atoms with Gasteiger partial charge in [-0.3, -0.25) is 0 Å². The Labute approximate surface area is 236 Å². The smallest absolute Gasteiger partial charge is 0.179 e. The van der Waals surface area contributed by atoms with E-state index < -0.39 is 11.6 Å². The minimum Gasteiger partial charge on any atom is -0.491 e. The summed E-state index contributed by atoms with van der Waals surface area (Å²) in [6, 6.07) is 11.5. The summed E-state index contributed by atoms with van der Waals surface area (Å²) in [6.07, 6.45) is 5.94. The van der Waals surface area contributed by atoms with Crippen molar-refractivity contribution in [3.8, 4) is 11.5 Å². The van der Waals surface area contributed by atoms with Gasteiger partial charge in [0.15, 0.2) is 17.4 Å². The van der Waals surface area contributed by atoms with Crippen LogP contribution in [0.25, 0.3) is 5.57 Å². The highest BCUT2D eigenvalue weighted by Gasteiger charge is 2.29. The normalized spacial score (nSPS) is 14.3. The number of aliphatic hydroxyl groups is 1. The average Bonchev–Trinajstić information content (AvgIpc) is 2.97. The number of nitrogens with zero attached hydrogens (tertiary/aromatic N) is 5. The van der Waals surface area contributed by atoms with Crippen LogP contribution in [0.4, 0.5) is 26.1 Å². The van der Waals surface area contributed by atoms with Crippen molar-refractivity contribution >= 4 is 22.9 Å². The van der Waals surface area contributed by atoms with E-state index in [0.717, 1.165) is 29.0 Å². The van der Waals surface area contributed by atoms with Gasteiger partial charge in [0.2, 0.25) is 0 Å². The predicted molar refractivity (Wildman–Crippen MR) is 151 cm³/mol. The zero-order chi connectivity index (χ0) is 28.9. The van der Waals surface area contributed by atoms with Crippen LogP contribution in [-0.4, -0.2) is 51.4 Å². The number of para-hydroxylation sites is 1. The number of methoxy groups -OCH3 is 1. The molecule has 41 heavy (non-hydrogen) atoms. The lowest BCUT2D eigenvalue weighted by Gasteiger charge is -2.37. The Bertz CT molecular complexity index is 1560. The number of benzene rings is 2. The maximum absolute atomic E-state index is 15.1. The molecule has 3 heterocycles. The molecule has 2 aromatic carbocycles. The maximum atomic E-state index is 15.1. The van der Waals surface area contributed by atoms with Gasteiger partial charge in [0, 0.05) is 53.3 Å². The number of hydrogen-bond donors (Lipinski definition) is 2. The topological polar surface area (TPSA) is 106 Å². The lowest BCUT2D eigenvalue weighted by Crippen LogP contribution is -2.37. The number of fused-ring (bicyclic) bond motifs is 1. The first-order valence-corrected chi connectivity index (χ1v) is 13.2. The van der Waals surface area contributed by atoms with E-state index in [9.17, 15) is 0 Å². The number of aromatic nitrogens is 4. The molecule has 0 spiro atoms. The number of ether oxygens (including phenoxy) is 2. The highest BCUT2D eigenvalue weighted by atomic mass is 19.1. The van der Waals surface area contributed by atoms with Gasteiger partial charge >= 0.3 is 0 Å². The number of aliphatic hydroxyl groups excluding tert-OH is 1. The van der Waals surface area contributed by atoms with Crippen molar-refractivity contribution in [3.63, 3.8) is 0 Å². The molecular formula is C30H30F2N6O3. The molecule has 0 bridgehead atoms. The molecular weight excluding hydrogens is 530 g/mol. The standard InChI is InChI=1S/C30H30F2N6O3/c1-4-19-13-22(29-34-16-27(40-3)30(37-29)36-28-9-10-33-18(2)35-28)21-7-5-6-8-26(21)38(19)17-23-24(31)14-20(15-25(23)32)41-12-11-39/h5-10,13-16,19,39H,4,11-12,17H2,1-3H3,(H,33,34,35,36,37). The van der Waals surface area contributed by atoms with Crippen molar-refractivity contribution < 1.29 is 23.4 Å². The third-order valence-corrected chi connectivity index (χ3v) is 6.72. The van der Waals surface area contributed by atoms with Crippen molar-refractivity contribution in [2.75, 3.05) is 30.5 Å². The van der Waals surface area contributed by atoms with Crippen molar-refractivity contribution in [2.24, 2.45) is 0 Å². The molecule has 0 amide bonds. The van der Waals surface area contributed by atoms with Crippen LogP contribution in [0.15, 0.2) is 60.9 Å². The van der Waals surface area contributed by atoms with Gasteiger partial charge < -0.3 is 24.8 Å². The van der Waals surface area contributed by atoms with E-state index in [1.807, 2.05) is 42.2 Å². The van der Waals surface area contributed by atoms with Gasteiger partial charge in [0.05, 0.1) is 19.9 Å². The Balaban J connectivity index is 1.52. The summed E-state index contributed by atoms with van der Waals surface area (Å²) < 4.78 is 40.9. The van der Waals surface area contributed by atoms with E-state index in [1.54, 1.807) is 32.5 Å². The molecule has 1 atom stereocenters. The van der Waals surface area contributed by atoms with Crippen LogP contribution in [0.5, 0.6) is 11.5 Å². The Morgan fingerprint density at radius 3 is 2.56 bits per heavy atom. The summed E-state index contributed by atoms with van der Waals surface area (Å²) in [4.78, 5) is 19.9. The molecule has 4 aromatic rings. The number of rotatable bonds is 10. The largest absolute Gasteiger partial charge is 0.491 e. The highest BCUT2D eigenvalue weighted by Crippen LogP contribution is 2.40. The van der Waals surface area contributed by atoms with E-state index >= 15 is 8.78 Å². The van der Waals surface area contributed by atoms with Gasteiger partial charge in [-0.05, 0) is 25.5 Å². The first-order valence-electron chi connectivity index (χ1n) is 13.2. The first kappa shape index (κ1) is 27.9. The SMILES string of the molecule is CCC1C=C(c2ncc(OC)c(Nc3ccnc(C)n3)n2)c2ccccc2N1Cc1c(F)cc(OCCO)cc1F. The second-order valence-electron chi connectivity index (χ2n) is 9.36. The summed E-state index contributed by atoms with van der Waals surface area (Å²) in [6.45, 7) is 3.51. The molecule has 1 unspecified atom stereocenters. The Morgan fingerprint density at radius 2 is 1.85 bits per heavy atom. The lowest BCUT2D eigenvalue weighted by molar-refractivity contribution is 0.200. The van der Waals surface area contributed by atoms with Gasteiger partial charge in [-0.1, -0.05) is 31.2 Å². The van der Waals surface area contributed by atoms with E-state index in [2.05, 4.69) is 20.3 Å². The summed E-state index contributed by atoms with van der Waals surface area (Å²) in [5.74, 6) is 1.13. The van der Waals surface area contributed by atoms with Crippen LogP contribution < -0.4 is 19.7 Å². The molecule has 0 fully saturated rings. The number of nitrogens with one attached hydrogen (secondary N) is 1. The number of halogens is 2. The van der Waals surface area contributed by atoms with Gasteiger partial charge in [-0.2, -0.15) is 0 Å². The molecule has 1 aliphatic rings. The summed E-state index contributed by atoms with van der Waals surface area (Å²) in [7, 11) is 1.54. The van der Waals surface area contributed by atoms with Crippen LogP contribution in [0.1, 0.15) is 36.1 Å². The number of aryl methyl sites for hydroxylation is 1. The minimum absolute atomic E-state index is 0.000580. The molecule has 9 nitrogen and oxygen atoms in total. The van der Waals surface area contributed by atoms with Gasteiger partial charge in [0.1, 0.15) is 35.6 Å². The van der Waals surface area contributed by atoms with Crippen molar-refractivity contribution in [2.45, 2.75) is 32.9 Å².